The van der Waals surface area contributed by atoms with Crippen LogP contribution < -0.4 is 10.2 Å². The van der Waals surface area contributed by atoms with E-state index in [9.17, 15) is 4.79 Å². The highest BCUT2D eigenvalue weighted by molar-refractivity contribution is 7.99. The van der Waals surface area contributed by atoms with Crippen molar-refractivity contribution in [2.45, 2.75) is 6.92 Å². The summed E-state index contributed by atoms with van der Waals surface area (Å²) in [6, 6.07) is 11.8. The lowest BCUT2D eigenvalue weighted by molar-refractivity contribution is 0.102. The first-order chi connectivity index (χ1) is 13.2. The van der Waals surface area contributed by atoms with Crippen LogP contribution in [0.3, 0.4) is 0 Å². The van der Waals surface area contributed by atoms with E-state index in [-0.39, 0.29) is 5.91 Å². The van der Waals surface area contributed by atoms with Gasteiger partial charge in [-0.05, 0) is 31.2 Å². The topological polar surface area (TPSA) is 58.1 Å². The van der Waals surface area contributed by atoms with Gasteiger partial charge < -0.3 is 10.2 Å². The summed E-state index contributed by atoms with van der Waals surface area (Å²) in [5, 5.41) is 5.47. The molecule has 4 rings (SSSR count). The van der Waals surface area contributed by atoms with Crippen LogP contribution in [-0.4, -0.2) is 40.5 Å². The number of nitrogens with zero attached hydrogens (tertiary/aromatic N) is 3. The van der Waals surface area contributed by atoms with Crippen molar-refractivity contribution in [1.82, 2.24) is 9.97 Å². The number of pyridine rings is 1. The third kappa shape index (κ3) is 4.31. The van der Waals surface area contributed by atoms with E-state index in [4.69, 9.17) is 0 Å². The Morgan fingerprint density at radius 2 is 1.89 bits per heavy atom. The average Bonchev–Trinajstić information content (AvgIpc) is 3.21. The van der Waals surface area contributed by atoms with Crippen LogP contribution in [-0.2, 0) is 0 Å². The summed E-state index contributed by atoms with van der Waals surface area (Å²) in [4.78, 5) is 23.8. The van der Waals surface area contributed by atoms with Gasteiger partial charge in [-0.15, -0.1) is 11.3 Å². The van der Waals surface area contributed by atoms with Crippen molar-refractivity contribution in [1.29, 1.82) is 0 Å². The third-order valence-electron chi connectivity index (χ3n) is 4.38. The number of rotatable bonds is 4. The zero-order chi connectivity index (χ0) is 18.6. The molecule has 1 N–H and O–H groups in total. The van der Waals surface area contributed by atoms with Crippen LogP contribution in [0.1, 0.15) is 16.1 Å². The summed E-state index contributed by atoms with van der Waals surface area (Å²) < 4.78 is 0. The quantitative estimate of drug-likeness (QED) is 0.712. The Kier molecular flexibility index (Phi) is 5.40. The molecule has 138 valence electrons. The molecule has 0 aliphatic carbocycles. The molecule has 0 radical (unpaired) electrons. The zero-order valence-electron chi connectivity index (χ0n) is 15.0. The second kappa shape index (κ2) is 8.10. The molecule has 1 fully saturated rings. The van der Waals surface area contributed by atoms with Crippen LogP contribution in [0.25, 0.3) is 10.6 Å². The van der Waals surface area contributed by atoms with Crippen molar-refractivity contribution >= 4 is 40.5 Å². The van der Waals surface area contributed by atoms with Gasteiger partial charge in [-0.1, -0.05) is 17.7 Å². The number of carbonyl (C=O) groups excluding carboxylic acids is 1. The van der Waals surface area contributed by atoms with E-state index < -0.39 is 0 Å². The molecule has 2 aromatic heterocycles. The van der Waals surface area contributed by atoms with E-state index in [1.54, 1.807) is 5.38 Å². The van der Waals surface area contributed by atoms with Crippen LogP contribution in [0.5, 0.6) is 0 Å². The van der Waals surface area contributed by atoms with Gasteiger partial charge in [0.15, 0.2) is 0 Å². The fourth-order valence-corrected chi connectivity index (χ4v) is 4.53. The summed E-state index contributed by atoms with van der Waals surface area (Å²) in [7, 11) is 0. The second-order valence-electron chi connectivity index (χ2n) is 6.36. The normalized spacial score (nSPS) is 14.2. The number of benzene rings is 1. The summed E-state index contributed by atoms with van der Waals surface area (Å²) in [5.74, 6) is 3.11. The molecule has 0 atom stereocenters. The first kappa shape index (κ1) is 18.0. The lowest BCUT2D eigenvalue weighted by atomic mass is 10.2. The Morgan fingerprint density at radius 3 is 2.59 bits per heavy atom. The van der Waals surface area contributed by atoms with Gasteiger partial charge >= 0.3 is 0 Å². The summed E-state index contributed by atoms with van der Waals surface area (Å²) in [6.07, 6.45) is 1.84. The number of aryl methyl sites for hydroxylation is 1. The van der Waals surface area contributed by atoms with Crippen molar-refractivity contribution in [3.05, 3.63) is 59.2 Å². The lowest BCUT2D eigenvalue weighted by Crippen LogP contribution is -2.32. The van der Waals surface area contributed by atoms with Crippen LogP contribution in [0.4, 0.5) is 11.5 Å². The molecule has 5 nitrogen and oxygen atoms in total. The van der Waals surface area contributed by atoms with Crippen molar-refractivity contribution in [3.63, 3.8) is 0 Å². The van der Waals surface area contributed by atoms with Crippen LogP contribution in [0.2, 0.25) is 0 Å². The molecule has 3 aromatic rings. The van der Waals surface area contributed by atoms with E-state index in [0.29, 0.717) is 5.69 Å². The summed E-state index contributed by atoms with van der Waals surface area (Å²) in [5.41, 5.74) is 3.28. The number of carbonyl (C=O) groups is 1. The zero-order valence-corrected chi connectivity index (χ0v) is 16.6. The van der Waals surface area contributed by atoms with Gasteiger partial charge in [-0.3, -0.25) is 4.79 Å². The molecule has 0 bridgehead atoms. The number of thioether (sulfide) groups is 1. The molecule has 27 heavy (non-hydrogen) atoms. The van der Waals surface area contributed by atoms with Crippen molar-refractivity contribution in [3.8, 4) is 10.6 Å². The maximum atomic E-state index is 12.4. The van der Waals surface area contributed by atoms with E-state index in [0.717, 1.165) is 52.2 Å². The number of hydrogen-bond acceptors (Lipinski definition) is 6. The number of hydrogen-bond donors (Lipinski definition) is 1. The molecule has 1 aliphatic heterocycles. The van der Waals surface area contributed by atoms with E-state index in [2.05, 4.69) is 20.2 Å². The molecule has 1 amide bonds. The molecule has 0 unspecified atom stereocenters. The molecule has 0 saturated carbocycles. The number of nitrogens with one attached hydrogen (secondary N) is 1. The van der Waals surface area contributed by atoms with Gasteiger partial charge in [0.1, 0.15) is 16.5 Å². The van der Waals surface area contributed by atoms with Gasteiger partial charge in [0.05, 0.1) is 0 Å². The second-order valence-corrected chi connectivity index (χ2v) is 8.45. The molecule has 1 aliphatic rings. The summed E-state index contributed by atoms with van der Waals surface area (Å²) >= 11 is 3.44. The largest absolute Gasteiger partial charge is 0.355 e. The minimum atomic E-state index is -0.197. The Labute approximate surface area is 166 Å². The Morgan fingerprint density at radius 1 is 1.11 bits per heavy atom. The first-order valence-corrected chi connectivity index (χ1v) is 10.9. The standard InChI is InChI=1S/C20H20N4OS2/c1-14-2-5-16(6-3-14)22-19(25)17-13-27-20(23-17)15-4-7-18(21-12-15)24-8-10-26-11-9-24/h2-7,12-13H,8-11H2,1H3,(H,22,25). The minimum absolute atomic E-state index is 0.197. The molecule has 7 heteroatoms. The molecular weight excluding hydrogens is 376 g/mol. The predicted octanol–water partition coefficient (Wildman–Crippen LogP) is 4.32. The predicted molar refractivity (Wildman–Crippen MR) is 114 cm³/mol. The lowest BCUT2D eigenvalue weighted by Gasteiger charge is -2.27. The van der Waals surface area contributed by atoms with E-state index >= 15 is 0 Å². The van der Waals surface area contributed by atoms with Crippen LogP contribution >= 0.6 is 23.1 Å². The maximum Gasteiger partial charge on any atom is 0.275 e. The average molecular weight is 397 g/mol. The Balaban J connectivity index is 1.45. The van der Waals surface area contributed by atoms with Gasteiger partial charge in [-0.2, -0.15) is 11.8 Å². The first-order valence-electron chi connectivity index (χ1n) is 8.82. The van der Waals surface area contributed by atoms with Crippen molar-refractivity contribution in [2.75, 3.05) is 34.8 Å². The highest BCUT2D eigenvalue weighted by Gasteiger charge is 2.15. The van der Waals surface area contributed by atoms with Gasteiger partial charge in [0.25, 0.3) is 5.91 Å². The smallest absolute Gasteiger partial charge is 0.275 e. The number of anilines is 2. The molecule has 3 heterocycles. The van der Waals surface area contributed by atoms with E-state index in [1.165, 1.54) is 11.3 Å². The van der Waals surface area contributed by atoms with Crippen LogP contribution in [0, 0.1) is 6.92 Å². The van der Waals surface area contributed by atoms with Gasteiger partial charge in [0, 0.05) is 47.4 Å². The molecule has 1 saturated heterocycles. The van der Waals surface area contributed by atoms with Gasteiger partial charge in [0.2, 0.25) is 0 Å². The minimum Gasteiger partial charge on any atom is -0.355 e. The third-order valence-corrected chi connectivity index (χ3v) is 6.21. The molecular formula is C20H20N4OS2. The van der Waals surface area contributed by atoms with E-state index in [1.807, 2.05) is 61.3 Å². The van der Waals surface area contributed by atoms with Crippen molar-refractivity contribution in [2.24, 2.45) is 0 Å². The summed E-state index contributed by atoms with van der Waals surface area (Å²) in [6.45, 7) is 4.09. The Bertz CT molecular complexity index is 916. The highest BCUT2D eigenvalue weighted by Crippen LogP contribution is 2.26. The highest BCUT2D eigenvalue weighted by atomic mass is 32.2. The van der Waals surface area contributed by atoms with Crippen molar-refractivity contribution < 1.29 is 4.79 Å². The fraction of sp³-hybridized carbons (Fsp3) is 0.250. The fourth-order valence-electron chi connectivity index (χ4n) is 2.83. The SMILES string of the molecule is Cc1ccc(NC(=O)c2csc(-c3ccc(N4CCSCC4)nc3)n2)cc1. The molecule has 0 spiro atoms. The van der Waals surface area contributed by atoms with Gasteiger partial charge in [-0.25, -0.2) is 9.97 Å². The number of amides is 1. The Hall–Kier alpha value is -2.38. The van der Waals surface area contributed by atoms with Crippen LogP contribution in [0.15, 0.2) is 48.0 Å². The number of thiazole rings is 1. The number of aromatic nitrogens is 2. The maximum absolute atomic E-state index is 12.4. The monoisotopic (exact) mass is 396 g/mol. The molecule has 1 aromatic carbocycles.